The van der Waals surface area contributed by atoms with Crippen LogP contribution in [0, 0.1) is 6.92 Å². The minimum absolute atomic E-state index is 0.0420. The third kappa shape index (κ3) is 3.72. The van der Waals surface area contributed by atoms with Gasteiger partial charge in [0.15, 0.2) is 5.69 Å². The van der Waals surface area contributed by atoms with Gasteiger partial charge in [0.25, 0.3) is 5.91 Å². The maximum atomic E-state index is 13.1. The molecule has 0 N–H and O–H groups in total. The molecule has 0 radical (unpaired) electrons. The molecule has 1 atom stereocenters. The van der Waals surface area contributed by atoms with E-state index in [0.717, 1.165) is 11.3 Å². The van der Waals surface area contributed by atoms with Crippen LogP contribution in [-0.2, 0) is 4.74 Å². The molecule has 2 aromatic carbocycles. The summed E-state index contributed by atoms with van der Waals surface area (Å²) in [6.07, 6.45) is 1.14. The number of carbonyl (C=O) groups is 2. The first kappa shape index (κ1) is 20.2. The first-order valence-electron chi connectivity index (χ1n) is 10.9. The highest BCUT2D eigenvalue weighted by Gasteiger charge is 2.40. The third-order valence-electron chi connectivity index (χ3n) is 6.21. The molecule has 3 aromatic rings. The molecule has 8 nitrogen and oxygen atoms in total. The van der Waals surface area contributed by atoms with E-state index in [-0.39, 0.29) is 24.1 Å². The van der Waals surface area contributed by atoms with E-state index >= 15 is 0 Å². The Balaban J connectivity index is 1.27. The summed E-state index contributed by atoms with van der Waals surface area (Å²) in [5.41, 5.74) is 2.86. The number of aryl methyl sites for hydroxylation is 1. The molecule has 0 spiro atoms. The van der Waals surface area contributed by atoms with Crippen molar-refractivity contribution in [2.24, 2.45) is 0 Å². The Labute approximate surface area is 186 Å². The van der Waals surface area contributed by atoms with Crippen molar-refractivity contribution in [3.8, 4) is 5.69 Å². The van der Waals surface area contributed by atoms with Gasteiger partial charge in [-0.3, -0.25) is 9.69 Å². The first-order chi connectivity index (χ1) is 15.6. The van der Waals surface area contributed by atoms with Gasteiger partial charge in [0, 0.05) is 19.1 Å². The quantitative estimate of drug-likeness (QED) is 0.633. The zero-order valence-electron chi connectivity index (χ0n) is 17.9. The van der Waals surface area contributed by atoms with E-state index in [1.165, 1.54) is 4.80 Å². The summed E-state index contributed by atoms with van der Waals surface area (Å²) in [6, 6.07) is 19.5. The number of piperidine rings is 1. The number of carbonyl (C=O) groups excluding carboxylic acids is 2. The van der Waals surface area contributed by atoms with Crippen molar-refractivity contribution in [3.63, 3.8) is 0 Å². The van der Waals surface area contributed by atoms with Gasteiger partial charge in [0.2, 0.25) is 0 Å². The van der Waals surface area contributed by atoms with E-state index in [2.05, 4.69) is 10.2 Å². The van der Waals surface area contributed by atoms with Crippen molar-refractivity contribution in [3.05, 3.63) is 77.6 Å². The Morgan fingerprint density at radius 3 is 2.31 bits per heavy atom. The largest absolute Gasteiger partial charge is 0.447 e. The summed E-state index contributed by atoms with van der Waals surface area (Å²) in [5, 5.41) is 8.86. The molecule has 8 heteroatoms. The van der Waals surface area contributed by atoms with E-state index in [4.69, 9.17) is 4.74 Å². The van der Waals surface area contributed by atoms with Gasteiger partial charge in [0.1, 0.15) is 6.61 Å². The van der Waals surface area contributed by atoms with Gasteiger partial charge in [-0.2, -0.15) is 9.90 Å². The Kier molecular flexibility index (Phi) is 5.34. The van der Waals surface area contributed by atoms with Gasteiger partial charge in [-0.05, 0) is 37.5 Å². The molecule has 32 heavy (non-hydrogen) atoms. The fourth-order valence-electron chi connectivity index (χ4n) is 4.52. The molecule has 0 aliphatic carbocycles. The first-order valence-corrected chi connectivity index (χ1v) is 10.9. The normalized spacial score (nSPS) is 19.3. The molecule has 2 aliphatic heterocycles. The lowest BCUT2D eigenvalue weighted by atomic mass is 9.99. The van der Waals surface area contributed by atoms with E-state index < -0.39 is 0 Å². The maximum absolute atomic E-state index is 13.1. The number of nitrogens with zero attached hydrogens (tertiary/aromatic N) is 5. The van der Waals surface area contributed by atoms with Crippen molar-refractivity contribution in [2.45, 2.75) is 31.8 Å². The number of ether oxygens (including phenoxy) is 1. The number of hydrogen-bond donors (Lipinski definition) is 0. The highest BCUT2D eigenvalue weighted by Crippen LogP contribution is 2.33. The van der Waals surface area contributed by atoms with Crippen LogP contribution in [0.15, 0.2) is 60.7 Å². The molecule has 5 rings (SSSR count). The Morgan fingerprint density at radius 2 is 1.62 bits per heavy atom. The van der Waals surface area contributed by atoms with Gasteiger partial charge in [0.05, 0.1) is 17.4 Å². The van der Waals surface area contributed by atoms with Gasteiger partial charge in [-0.25, -0.2) is 4.79 Å². The number of aromatic nitrogens is 3. The second-order valence-electron chi connectivity index (χ2n) is 8.19. The third-order valence-corrected chi connectivity index (χ3v) is 6.21. The van der Waals surface area contributed by atoms with Crippen LogP contribution in [0.3, 0.4) is 0 Å². The van der Waals surface area contributed by atoms with Gasteiger partial charge >= 0.3 is 6.09 Å². The highest BCUT2D eigenvalue weighted by molar-refractivity contribution is 5.93. The molecule has 164 valence electrons. The fourth-order valence-corrected chi connectivity index (χ4v) is 4.52. The summed E-state index contributed by atoms with van der Waals surface area (Å²) in [6.45, 7) is 3.29. The average molecular weight is 431 g/mol. The molecular weight excluding hydrogens is 406 g/mol. The number of cyclic esters (lactones) is 1. The molecule has 2 saturated heterocycles. The van der Waals surface area contributed by atoms with Crippen LogP contribution in [0.25, 0.3) is 5.69 Å². The molecule has 0 saturated carbocycles. The summed E-state index contributed by atoms with van der Waals surface area (Å²) in [5.74, 6) is -0.119. The van der Waals surface area contributed by atoms with Crippen molar-refractivity contribution in [1.29, 1.82) is 0 Å². The maximum Gasteiger partial charge on any atom is 0.410 e. The second kappa shape index (κ2) is 8.45. The van der Waals surface area contributed by atoms with Gasteiger partial charge in [-0.1, -0.05) is 48.5 Å². The smallest absolute Gasteiger partial charge is 0.410 e. The molecule has 2 fully saturated rings. The monoisotopic (exact) mass is 431 g/mol. The van der Waals surface area contributed by atoms with E-state index in [0.29, 0.717) is 43.9 Å². The number of benzene rings is 2. The zero-order valence-corrected chi connectivity index (χ0v) is 17.9. The molecular formula is C24H25N5O3. The fraction of sp³-hybridized carbons (Fsp3) is 0.333. The number of para-hydroxylation sites is 1. The average Bonchev–Trinajstić information content (AvgIpc) is 3.42. The van der Waals surface area contributed by atoms with Crippen molar-refractivity contribution in [2.75, 3.05) is 19.7 Å². The van der Waals surface area contributed by atoms with Crippen LogP contribution in [0.1, 0.15) is 40.6 Å². The van der Waals surface area contributed by atoms with Crippen LogP contribution in [0.2, 0.25) is 0 Å². The highest BCUT2D eigenvalue weighted by atomic mass is 16.6. The summed E-state index contributed by atoms with van der Waals surface area (Å²) in [7, 11) is 0. The Hall–Kier alpha value is -3.68. The lowest BCUT2D eigenvalue weighted by Gasteiger charge is -2.37. The van der Waals surface area contributed by atoms with Gasteiger partial charge < -0.3 is 9.64 Å². The summed E-state index contributed by atoms with van der Waals surface area (Å²) in [4.78, 5) is 30.8. The molecule has 0 bridgehead atoms. The topological polar surface area (TPSA) is 80.6 Å². The number of likely N-dealkylation sites (tertiary alicyclic amines) is 1. The lowest BCUT2D eigenvalue weighted by Crippen LogP contribution is -2.48. The number of rotatable bonds is 4. The van der Waals surface area contributed by atoms with Crippen molar-refractivity contribution in [1.82, 2.24) is 24.8 Å². The van der Waals surface area contributed by atoms with Crippen LogP contribution < -0.4 is 0 Å². The Morgan fingerprint density at radius 1 is 0.969 bits per heavy atom. The van der Waals surface area contributed by atoms with Crippen LogP contribution in [0.5, 0.6) is 0 Å². The predicted octanol–water partition coefficient (Wildman–Crippen LogP) is 3.37. The van der Waals surface area contributed by atoms with E-state index in [1.54, 1.807) is 6.92 Å². The summed E-state index contributed by atoms with van der Waals surface area (Å²) >= 11 is 0. The standard InChI is InChI=1S/C24H25N5O3/c1-17-22(26-29(25-17)20-10-6-3-7-11-20)23(30)27-14-12-19(13-15-27)28-21(16-32-24(28)31)18-8-4-2-5-9-18/h2-11,19,21H,12-16H2,1H3/t21-/m0/s1. The van der Waals surface area contributed by atoms with E-state index in [9.17, 15) is 9.59 Å². The lowest BCUT2D eigenvalue weighted by molar-refractivity contribution is 0.0629. The minimum atomic E-state index is -0.273. The zero-order chi connectivity index (χ0) is 22.1. The van der Waals surface area contributed by atoms with E-state index in [1.807, 2.05) is 70.5 Å². The molecule has 2 amide bonds. The van der Waals surface area contributed by atoms with Crippen LogP contribution in [-0.4, -0.2) is 62.5 Å². The number of hydrogen-bond acceptors (Lipinski definition) is 5. The van der Waals surface area contributed by atoms with Gasteiger partial charge in [-0.15, -0.1) is 5.10 Å². The molecule has 1 aromatic heterocycles. The molecule has 0 unspecified atom stereocenters. The van der Waals surface area contributed by atoms with Crippen LogP contribution in [0.4, 0.5) is 4.79 Å². The van der Waals surface area contributed by atoms with Crippen molar-refractivity contribution >= 4 is 12.0 Å². The van der Waals surface area contributed by atoms with Crippen LogP contribution >= 0.6 is 0 Å². The second-order valence-corrected chi connectivity index (χ2v) is 8.19. The predicted molar refractivity (Wildman–Crippen MR) is 117 cm³/mol. The number of amides is 2. The molecule has 3 heterocycles. The minimum Gasteiger partial charge on any atom is -0.447 e. The Bertz CT molecular complexity index is 1110. The summed E-state index contributed by atoms with van der Waals surface area (Å²) < 4.78 is 5.38. The SMILES string of the molecule is Cc1nn(-c2ccccc2)nc1C(=O)N1CCC(N2C(=O)OC[C@H]2c2ccccc2)CC1. The molecule has 2 aliphatic rings. The van der Waals surface area contributed by atoms with Crippen molar-refractivity contribution < 1.29 is 14.3 Å².